The summed E-state index contributed by atoms with van der Waals surface area (Å²) in [5.74, 6) is 1.82. The van der Waals surface area contributed by atoms with Crippen molar-refractivity contribution in [1.29, 1.82) is 0 Å². The van der Waals surface area contributed by atoms with E-state index in [2.05, 4.69) is 14.5 Å². The molecule has 0 aliphatic heterocycles. The van der Waals surface area contributed by atoms with Crippen LogP contribution in [0, 0.1) is 6.92 Å². The third kappa shape index (κ3) is 3.81. The molecule has 2 heterocycles. The molecule has 0 aliphatic carbocycles. The summed E-state index contributed by atoms with van der Waals surface area (Å²) in [7, 11) is 1.67. The van der Waals surface area contributed by atoms with E-state index < -0.39 is 0 Å². The summed E-state index contributed by atoms with van der Waals surface area (Å²) in [6, 6.07) is 7.90. The van der Waals surface area contributed by atoms with Crippen LogP contribution in [-0.4, -0.2) is 26.2 Å². The molecule has 0 amide bonds. The number of rotatable bonds is 4. The van der Waals surface area contributed by atoms with E-state index in [1.54, 1.807) is 13.3 Å². The topological polar surface area (TPSA) is 44.9 Å². The maximum Gasteiger partial charge on any atom is 0.120 e. The Morgan fingerprint density at radius 2 is 2.00 bits per heavy atom. The van der Waals surface area contributed by atoms with Gasteiger partial charge in [-0.2, -0.15) is 0 Å². The van der Waals surface area contributed by atoms with Crippen molar-refractivity contribution in [3.8, 4) is 11.4 Å². The average Bonchev–Trinajstić information content (AvgIpc) is 3.10. The number of imidazole rings is 2. The van der Waals surface area contributed by atoms with Crippen LogP contribution in [0.2, 0.25) is 0 Å². The van der Waals surface area contributed by atoms with E-state index in [0.717, 1.165) is 29.5 Å². The van der Waals surface area contributed by atoms with Gasteiger partial charge in [0.15, 0.2) is 0 Å². The van der Waals surface area contributed by atoms with Gasteiger partial charge in [0.25, 0.3) is 0 Å². The summed E-state index contributed by atoms with van der Waals surface area (Å²) in [5, 5.41) is 0. The Morgan fingerprint density at radius 3 is 2.68 bits per heavy atom. The van der Waals surface area contributed by atoms with E-state index in [4.69, 9.17) is 4.74 Å². The third-order valence-electron chi connectivity index (χ3n) is 3.24. The SMILES string of the molecule is COc1cccc(-n2cnc(Cn3ccnc3C)c2)c1.Cl.Cl. The predicted molar refractivity (Wildman–Crippen MR) is 90.7 cm³/mol. The summed E-state index contributed by atoms with van der Waals surface area (Å²) in [6.07, 6.45) is 7.60. The molecule has 3 aromatic rings. The predicted octanol–water partition coefficient (Wildman–Crippen LogP) is 3.28. The first-order chi connectivity index (χ1) is 9.76. The van der Waals surface area contributed by atoms with Gasteiger partial charge in [-0.25, -0.2) is 9.97 Å². The minimum atomic E-state index is 0. The van der Waals surface area contributed by atoms with Crippen molar-refractivity contribution in [3.63, 3.8) is 0 Å². The van der Waals surface area contributed by atoms with Crippen LogP contribution in [0.5, 0.6) is 5.75 Å². The molecule has 118 valence electrons. The number of aryl methyl sites for hydroxylation is 1. The highest BCUT2D eigenvalue weighted by Gasteiger charge is 2.04. The van der Waals surface area contributed by atoms with Crippen molar-refractivity contribution in [3.05, 3.63) is 60.7 Å². The van der Waals surface area contributed by atoms with Crippen LogP contribution < -0.4 is 4.74 Å². The highest BCUT2D eigenvalue weighted by Crippen LogP contribution is 2.16. The summed E-state index contributed by atoms with van der Waals surface area (Å²) in [4.78, 5) is 8.65. The Labute approximate surface area is 141 Å². The van der Waals surface area contributed by atoms with Gasteiger partial charge in [0.2, 0.25) is 0 Å². The van der Waals surface area contributed by atoms with Crippen LogP contribution in [0.15, 0.2) is 49.2 Å². The number of aromatic nitrogens is 4. The second-order valence-electron chi connectivity index (χ2n) is 4.58. The van der Waals surface area contributed by atoms with Gasteiger partial charge in [0.05, 0.1) is 31.4 Å². The smallest absolute Gasteiger partial charge is 0.120 e. The van der Waals surface area contributed by atoms with Crippen molar-refractivity contribution >= 4 is 24.8 Å². The van der Waals surface area contributed by atoms with Gasteiger partial charge in [-0.05, 0) is 19.1 Å². The number of halogens is 2. The van der Waals surface area contributed by atoms with Crippen LogP contribution in [0.1, 0.15) is 11.5 Å². The zero-order valence-corrected chi connectivity index (χ0v) is 14.0. The maximum absolute atomic E-state index is 5.24. The number of methoxy groups -OCH3 is 1. The van der Waals surface area contributed by atoms with E-state index in [1.165, 1.54) is 0 Å². The van der Waals surface area contributed by atoms with E-state index in [0.29, 0.717) is 0 Å². The molecule has 0 atom stereocenters. The molecule has 0 unspecified atom stereocenters. The number of benzene rings is 1. The molecule has 0 bridgehead atoms. The molecule has 1 aromatic carbocycles. The molecular formula is C15H18Cl2N4O. The summed E-state index contributed by atoms with van der Waals surface area (Å²) in [5.41, 5.74) is 2.03. The molecule has 2 aromatic heterocycles. The lowest BCUT2D eigenvalue weighted by Crippen LogP contribution is -2.00. The zero-order valence-electron chi connectivity index (χ0n) is 12.3. The van der Waals surface area contributed by atoms with Gasteiger partial charge in [0.1, 0.15) is 11.6 Å². The van der Waals surface area contributed by atoms with Crippen molar-refractivity contribution in [2.45, 2.75) is 13.5 Å². The van der Waals surface area contributed by atoms with Crippen LogP contribution in [0.3, 0.4) is 0 Å². The van der Waals surface area contributed by atoms with Crippen molar-refractivity contribution in [2.24, 2.45) is 0 Å². The minimum absolute atomic E-state index is 0. The molecule has 0 fully saturated rings. The number of hydrogen-bond donors (Lipinski definition) is 0. The second-order valence-corrected chi connectivity index (χ2v) is 4.58. The van der Waals surface area contributed by atoms with Crippen LogP contribution in [-0.2, 0) is 6.54 Å². The largest absolute Gasteiger partial charge is 0.497 e. The van der Waals surface area contributed by atoms with E-state index in [-0.39, 0.29) is 24.8 Å². The fraction of sp³-hybridized carbons (Fsp3) is 0.200. The Bertz CT molecular complexity index is 724. The van der Waals surface area contributed by atoms with Crippen molar-refractivity contribution in [1.82, 2.24) is 19.1 Å². The Morgan fingerprint density at radius 1 is 1.18 bits per heavy atom. The number of ether oxygens (including phenoxy) is 1. The lowest BCUT2D eigenvalue weighted by Gasteiger charge is -2.04. The fourth-order valence-corrected chi connectivity index (χ4v) is 2.10. The first-order valence-electron chi connectivity index (χ1n) is 6.41. The van der Waals surface area contributed by atoms with E-state index in [1.807, 2.05) is 54.5 Å². The summed E-state index contributed by atoms with van der Waals surface area (Å²) < 4.78 is 9.30. The zero-order chi connectivity index (χ0) is 13.9. The minimum Gasteiger partial charge on any atom is -0.497 e. The van der Waals surface area contributed by atoms with Gasteiger partial charge < -0.3 is 13.9 Å². The molecule has 0 saturated heterocycles. The standard InChI is InChI=1S/C15H16N4O.2ClH/c1-12-16-6-7-18(12)9-13-10-19(11-17-13)14-4-3-5-15(8-14)20-2;;/h3-8,10-11H,9H2,1-2H3;2*1H. The van der Waals surface area contributed by atoms with Gasteiger partial charge >= 0.3 is 0 Å². The van der Waals surface area contributed by atoms with Crippen LogP contribution in [0.4, 0.5) is 0 Å². The lowest BCUT2D eigenvalue weighted by atomic mass is 10.3. The molecule has 0 aliphatic rings. The van der Waals surface area contributed by atoms with Gasteiger partial charge in [-0.1, -0.05) is 6.07 Å². The molecule has 7 heteroatoms. The summed E-state index contributed by atoms with van der Waals surface area (Å²) >= 11 is 0. The van der Waals surface area contributed by atoms with Crippen molar-refractivity contribution in [2.75, 3.05) is 7.11 Å². The Balaban J connectivity index is 0.00000121. The quantitative estimate of drug-likeness (QED) is 0.732. The van der Waals surface area contributed by atoms with E-state index in [9.17, 15) is 0 Å². The first kappa shape index (κ1) is 18.1. The first-order valence-corrected chi connectivity index (χ1v) is 6.41. The number of hydrogen-bond acceptors (Lipinski definition) is 3. The number of nitrogens with zero attached hydrogens (tertiary/aromatic N) is 4. The Hall–Kier alpha value is -1.98. The van der Waals surface area contributed by atoms with Gasteiger partial charge in [-0.3, -0.25) is 0 Å². The molecule has 5 nitrogen and oxygen atoms in total. The molecule has 0 saturated carbocycles. The second kappa shape index (κ2) is 7.87. The monoisotopic (exact) mass is 340 g/mol. The van der Waals surface area contributed by atoms with Crippen LogP contribution in [0.25, 0.3) is 5.69 Å². The molecular weight excluding hydrogens is 323 g/mol. The third-order valence-corrected chi connectivity index (χ3v) is 3.24. The Kier molecular flexibility index (Phi) is 6.46. The maximum atomic E-state index is 5.24. The highest BCUT2D eigenvalue weighted by molar-refractivity contribution is 5.85. The molecule has 0 N–H and O–H groups in total. The highest BCUT2D eigenvalue weighted by atomic mass is 35.5. The molecule has 3 rings (SSSR count). The lowest BCUT2D eigenvalue weighted by molar-refractivity contribution is 0.414. The molecule has 22 heavy (non-hydrogen) atoms. The molecule has 0 radical (unpaired) electrons. The normalized spacial score (nSPS) is 9.73. The van der Waals surface area contributed by atoms with E-state index >= 15 is 0 Å². The average molecular weight is 341 g/mol. The molecule has 0 spiro atoms. The van der Waals surface area contributed by atoms with Gasteiger partial charge in [-0.15, -0.1) is 24.8 Å². The van der Waals surface area contributed by atoms with Crippen molar-refractivity contribution < 1.29 is 4.74 Å². The summed E-state index contributed by atoms with van der Waals surface area (Å²) in [6.45, 7) is 2.71. The fourth-order valence-electron chi connectivity index (χ4n) is 2.10. The van der Waals surface area contributed by atoms with Crippen LogP contribution >= 0.6 is 24.8 Å². The van der Waals surface area contributed by atoms with Gasteiger partial charge in [0, 0.05) is 24.7 Å².